The van der Waals surface area contributed by atoms with E-state index in [1.54, 1.807) is 12.1 Å². The van der Waals surface area contributed by atoms with Crippen LogP contribution in [0.2, 0.25) is 0 Å². The second-order valence-electron chi connectivity index (χ2n) is 6.62. The molecule has 24 heavy (non-hydrogen) atoms. The molecule has 0 spiro atoms. The summed E-state index contributed by atoms with van der Waals surface area (Å²) in [5, 5.41) is 20.7. The van der Waals surface area contributed by atoms with Gasteiger partial charge >= 0.3 is 0 Å². The van der Waals surface area contributed by atoms with E-state index in [9.17, 15) is 9.18 Å². The largest absolute Gasteiger partial charge is 0.316 e. The molecule has 1 aromatic carbocycles. The van der Waals surface area contributed by atoms with Gasteiger partial charge in [-0.15, -0.1) is 0 Å². The number of nitrogens with one attached hydrogen (secondary N) is 1. The maximum Gasteiger partial charge on any atom is 0.225 e. The van der Waals surface area contributed by atoms with E-state index in [-0.39, 0.29) is 42.7 Å². The van der Waals surface area contributed by atoms with Gasteiger partial charge in [-0.2, -0.15) is 10.5 Å². The van der Waals surface area contributed by atoms with Crippen molar-refractivity contribution < 1.29 is 9.18 Å². The number of nitriles is 2. The van der Waals surface area contributed by atoms with Crippen LogP contribution in [-0.4, -0.2) is 30.4 Å². The van der Waals surface area contributed by atoms with E-state index in [2.05, 4.69) is 26.1 Å². The highest BCUT2D eigenvalue weighted by Gasteiger charge is 2.26. The monoisotopic (exact) mass is 330 g/mol. The second-order valence-corrected chi connectivity index (χ2v) is 6.62. The molecule has 1 rings (SSSR count). The minimum absolute atomic E-state index is 0.0497. The minimum Gasteiger partial charge on any atom is -0.316 e. The van der Waals surface area contributed by atoms with Gasteiger partial charge in [-0.25, -0.2) is 4.39 Å². The summed E-state index contributed by atoms with van der Waals surface area (Å²) >= 11 is 0. The van der Waals surface area contributed by atoms with Crippen molar-refractivity contribution in [2.24, 2.45) is 5.41 Å². The summed E-state index contributed by atoms with van der Waals surface area (Å²) in [5.74, 6) is -0.525. The first-order valence-electron chi connectivity index (χ1n) is 7.80. The molecular weight excluding hydrogens is 307 g/mol. The SMILES string of the molecule is CC(C)(C)[C@@H](NCCC(=O)N(CC#N)CC#N)c1ccc(F)cc1. The van der Waals surface area contributed by atoms with Crippen LogP contribution in [0.5, 0.6) is 0 Å². The van der Waals surface area contributed by atoms with Crippen molar-refractivity contribution in [1.29, 1.82) is 10.5 Å². The zero-order valence-electron chi connectivity index (χ0n) is 14.3. The number of hydrogen-bond acceptors (Lipinski definition) is 4. The predicted octanol–water partition coefficient (Wildman–Crippen LogP) is 2.77. The van der Waals surface area contributed by atoms with Crippen LogP contribution in [0.4, 0.5) is 4.39 Å². The molecular formula is C18H23FN4O. The minimum atomic E-state index is -0.287. The number of amides is 1. The Morgan fingerprint density at radius 1 is 1.21 bits per heavy atom. The van der Waals surface area contributed by atoms with Gasteiger partial charge in [-0.1, -0.05) is 32.9 Å². The van der Waals surface area contributed by atoms with Crippen LogP contribution in [0, 0.1) is 33.9 Å². The number of hydrogen-bond donors (Lipinski definition) is 1. The lowest BCUT2D eigenvalue weighted by molar-refractivity contribution is -0.130. The van der Waals surface area contributed by atoms with E-state index in [4.69, 9.17) is 10.5 Å². The Labute approximate surface area is 142 Å². The van der Waals surface area contributed by atoms with Gasteiger partial charge in [0.05, 0.1) is 12.1 Å². The Balaban J connectivity index is 2.70. The summed E-state index contributed by atoms with van der Waals surface area (Å²) in [6.45, 7) is 6.42. The van der Waals surface area contributed by atoms with Crippen LogP contribution in [0.3, 0.4) is 0 Å². The molecule has 0 aliphatic heterocycles. The predicted molar refractivity (Wildman–Crippen MR) is 89.0 cm³/mol. The van der Waals surface area contributed by atoms with Crippen molar-refractivity contribution in [3.63, 3.8) is 0 Å². The molecule has 0 unspecified atom stereocenters. The van der Waals surface area contributed by atoms with Crippen molar-refractivity contribution in [2.75, 3.05) is 19.6 Å². The molecule has 0 aliphatic carbocycles. The molecule has 0 radical (unpaired) electrons. The molecule has 0 fully saturated rings. The lowest BCUT2D eigenvalue weighted by Gasteiger charge is -2.32. The Bertz CT molecular complexity index is 606. The van der Waals surface area contributed by atoms with Crippen molar-refractivity contribution in [3.05, 3.63) is 35.6 Å². The van der Waals surface area contributed by atoms with Gasteiger partial charge in [0.2, 0.25) is 5.91 Å². The summed E-state index contributed by atoms with van der Waals surface area (Å²) in [7, 11) is 0. The first-order chi connectivity index (χ1) is 11.3. The highest BCUT2D eigenvalue weighted by atomic mass is 19.1. The number of rotatable bonds is 7. The van der Waals surface area contributed by atoms with E-state index < -0.39 is 0 Å². The molecule has 1 aromatic rings. The average molecular weight is 330 g/mol. The molecule has 5 nitrogen and oxygen atoms in total. The summed E-state index contributed by atoms with van der Waals surface area (Å²) in [6, 6.07) is 10.0. The number of nitrogens with zero attached hydrogens (tertiary/aromatic N) is 3. The van der Waals surface area contributed by atoms with Gasteiger partial charge < -0.3 is 10.2 Å². The zero-order valence-corrected chi connectivity index (χ0v) is 14.3. The quantitative estimate of drug-likeness (QED) is 0.780. The Morgan fingerprint density at radius 3 is 2.21 bits per heavy atom. The van der Waals surface area contributed by atoms with Crippen molar-refractivity contribution in [2.45, 2.75) is 33.2 Å². The van der Waals surface area contributed by atoms with Crippen LogP contribution < -0.4 is 5.32 Å². The molecule has 0 heterocycles. The van der Waals surface area contributed by atoms with E-state index >= 15 is 0 Å². The van der Waals surface area contributed by atoms with Crippen molar-refractivity contribution >= 4 is 5.91 Å². The van der Waals surface area contributed by atoms with Crippen molar-refractivity contribution in [1.82, 2.24) is 10.2 Å². The highest BCUT2D eigenvalue weighted by molar-refractivity contribution is 5.76. The van der Waals surface area contributed by atoms with Crippen molar-refractivity contribution in [3.8, 4) is 12.1 Å². The first kappa shape index (κ1) is 19.6. The number of carbonyl (C=O) groups is 1. The van der Waals surface area contributed by atoms with E-state index in [1.807, 2.05) is 12.1 Å². The molecule has 0 bridgehead atoms. The normalized spacial score (nSPS) is 12.1. The third-order valence-electron chi connectivity index (χ3n) is 3.63. The van der Waals surface area contributed by atoms with Gasteiger partial charge in [-0.3, -0.25) is 4.79 Å². The molecule has 1 amide bonds. The molecule has 1 atom stereocenters. The topological polar surface area (TPSA) is 79.9 Å². The van der Waals surface area contributed by atoms with Crippen LogP contribution in [0.1, 0.15) is 38.8 Å². The third kappa shape index (κ3) is 5.98. The number of halogens is 1. The smallest absolute Gasteiger partial charge is 0.225 e. The fourth-order valence-electron chi connectivity index (χ4n) is 2.46. The molecule has 0 aromatic heterocycles. The standard InChI is InChI=1S/C18H23FN4O/c1-18(2,3)17(14-4-6-15(19)7-5-14)22-11-8-16(24)23(12-9-20)13-10-21/h4-7,17,22H,8,11-13H2,1-3H3/t17-/m0/s1. The molecule has 6 heteroatoms. The Morgan fingerprint density at radius 2 is 1.75 bits per heavy atom. The van der Waals surface area contributed by atoms with Gasteiger partial charge in [0.25, 0.3) is 0 Å². The van der Waals surface area contributed by atoms with Crippen LogP contribution in [0.25, 0.3) is 0 Å². The van der Waals surface area contributed by atoms with Gasteiger partial charge in [-0.05, 0) is 23.1 Å². The second kappa shape index (κ2) is 9.00. The van der Waals surface area contributed by atoms with Crippen LogP contribution in [0.15, 0.2) is 24.3 Å². The van der Waals surface area contributed by atoms with Crippen LogP contribution in [-0.2, 0) is 4.79 Å². The average Bonchev–Trinajstić information content (AvgIpc) is 2.51. The Kier molecular flexibility index (Phi) is 7.35. The number of carbonyl (C=O) groups excluding carboxylic acids is 1. The molecule has 128 valence electrons. The van der Waals surface area contributed by atoms with Gasteiger partial charge in [0.1, 0.15) is 18.9 Å². The van der Waals surface area contributed by atoms with Gasteiger partial charge in [0.15, 0.2) is 0 Å². The van der Waals surface area contributed by atoms with E-state index in [1.165, 1.54) is 17.0 Å². The lowest BCUT2D eigenvalue weighted by atomic mass is 9.82. The summed E-state index contributed by atoms with van der Waals surface area (Å²) < 4.78 is 13.1. The zero-order chi connectivity index (χ0) is 18.2. The summed E-state index contributed by atoms with van der Waals surface area (Å²) in [6.07, 6.45) is 0.192. The summed E-state index contributed by atoms with van der Waals surface area (Å²) in [5.41, 5.74) is 0.821. The highest BCUT2D eigenvalue weighted by Crippen LogP contribution is 2.32. The number of benzene rings is 1. The van der Waals surface area contributed by atoms with E-state index in [0.29, 0.717) is 6.54 Å². The molecule has 1 N–H and O–H groups in total. The molecule has 0 saturated heterocycles. The van der Waals surface area contributed by atoms with Crippen LogP contribution >= 0.6 is 0 Å². The molecule has 0 saturated carbocycles. The summed E-state index contributed by atoms with van der Waals surface area (Å²) in [4.78, 5) is 13.3. The third-order valence-corrected chi connectivity index (χ3v) is 3.63. The fourth-order valence-corrected chi connectivity index (χ4v) is 2.46. The van der Waals surface area contributed by atoms with E-state index in [0.717, 1.165) is 5.56 Å². The maximum atomic E-state index is 13.1. The lowest BCUT2D eigenvalue weighted by Crippen LogP contribution is -2.37. The fraction of sp³-hybridized carbons (Fsp3) is 0.500. The first-order valence-corrected chi connectivity index (χ1v) is 7.80. The maximum absolute atomic E-state index is 13.1. The van der Waals surface area contributed by atoms with Gasteiger partial charge in [0, 0.05) is 19.0 Å². The molecule has 0 aliphatic rings. The Hall–Kier alpha value is -2.44.